The van der Waals surface area contributed by atoms with Crippen LogP contribution in [0.25, 0.3) is 5.52 Å². The molecule has 0 aromatic carbocycles. The van der Waals surface area contributed by atoms with Gasteiger partial charge in [-0.1, -0.05) is 11.2 Å². The van der Waals surface area contributed by atoms with Gasteiger partial charge in [-0.25, -0.2) is 4.52 Å². The fourth-order valence-corrected chi connectivity index (χ4v) is 1.95. The summed E-state index contributed by atoms with van der Waals surface area (Å²) < 4.78 is 6.89. The molecule has 92 valence electrons. The first kappa shape index (κ1) is 11.0. The van der Waals surface area contributed by atoms with E-state index in [1.165, 1.54) is 5.56 Å². The number of hydrogen-bond acceptors (Lipinski definition) is 4. The monoisotopic (exact) mass is 242 g/mol. The van der Waals surface area contributed by atoms with E-state index in [-0.39, 0.29) is 0 Å². The van der Waals surface area contributed by atoms with Gasteiger partial charge in [0.05, 0.1) is 17.4 Å². The van der Waals surface area contributed by atoms with Crippen molar-refractivity contribution in [3.63, 3.8) is 0 Å². The zero-order valence-electron chi connectivity index (χ0n) is 10.1. The first-order valence-corrected chi connectivity index (χ1v) is 5.87. The molecule has 3 heterocycles. The average molecular weight is 242 g/mol. The highest BCUT2D eigenvalue weighted by Gasteiger charge is 2.04. The standard InChI is InChI=1S/C13H14N4O/c1-10-6-12(16-18-10)9-14-7-11-8-15-17-5-3-2-4-13(11)17/h2-6,8,14H,7,9H2,1H3. The Morgan fingerprint density at radius 2 is 2.28 bits per heavy atom. The second-order valence-corrected chi connectivity index (χ2v) is 4.23. The van der Waals surface area contributed by atoms with Gasteiger partial charge < -0.3 is 9.84 Å². The molecular formula is C13H14N4O. The van der Waals surface area contributed by atoms with Crippen LogP contribution in [0.15, 0.2) is 41.2 Å². The van der Waals surface area contributed by atoms with Gasteiger partial charge in [0.2, 0.25) is 0 Å². The van der Waals surface area contributed by atoms with Gasteiger partial charge in [-0.05, 0) is 19.1 Å². The Morgan fingerprint density at radius 1 is 1.33 bits per heavy atom. The van der Waals surface area contributed by atoms with E-state index < -0.39 is 0 Å². The third kappa shape index (κ3) is 2.12. The van der Waals surface area contributed by atoms with Gasteiger partial charge in [0.1, 0.15) is 5.76 Å². The maximum atomic E-state index is 5.02. The minimum Gasteiger partial charge on any atom is -0.361 e. The second kappa shape index (κ2) is 4.62. The van der Waals surface area contributed by atoms with Crippen molar-refractivity contribution in [3.8, 4) is 0 Å². The fraction of sp³-hybridized carbons (Fsp3) is 0.231. The number of aromatic nitrogens is 3. The van der Waals surface area contributed by atoms with Crippen LogP contribution in [-0.4, -0.2) is 14.8 Å². The molecule has 1 N–H and O–H groups in total. The van der Waals surface area contributed by atoms with Crippen molar-refractivity contribution in [2.75, 3.05) is 0 Å². The van der Waals surface area contributed by atoms with Gasteiger partial charge in [-0.2, -0.15) is 5.10 Å². The lowest BCUT2D eigenvalue weighted by molar-refractivity contribution is 0.388. The van der Waals surface area contributed by atoms with E-state index >= 15 is 0 Å². The number of nitrogens with one attached hydrogen (secondary N) is 1. The summed E-state index contributed by atoms with van der Waals surface area (Å²) in [5.41, 5.74) is 3.22. The minimum absolute atomic E-state index is 0.696. The number of pyridine rings is 1. The highest BCUT2D eigenvalue weighted by atomic mass is 16.5. The molecule has 0 aliphatic carbocycles. The molecule has 0 radical (unpaired) electrons. The molecule has 0 aliphatic heterocycles. The SMILES string of the molecule is Cc1cc(CNCc2cnn3ccccc23)no1. The van der Waals surface area contributed by atoms with E-state index in [2.05, 4.69) is 21.6 Å². The van der Waals surface area contributed by atoms with E-state index in [1.807, 2.05) is 42.0 Å². The number of fused-ring (bicyclic) bond motifs is 1. The Bertz CT molecular complexity index is 656. The Labute approximate surface area is 104 Å². The summed E-state index contributed by atoms with van der Waals surface area (Å²) in [5.74, 6) is 0.836. The third-order valence-electron chi connectivity index (χ3n) is 2.80. The topological polar surface area (TPSA) is 55.4 Å². The zero-order valence-corrected chi connectivity index (χ0v) is 10.1. The Morgan fingerprint density at radius 3 is 3.11 bits per heavy atom. The van der Waals surface area contributed by atoms with Crippen LogP contribution in [0.2, 0.25) is 0 Å². The zero-order chi connectivity index (χ0) is 12.4. The first-order chi connectivity index (χ1) is 8.83. The van der Waals surface area contributed by atoms with Crippen LogP contribution >= 0.6 is 0 Å². The Kier molecular flexibility index (Phi) is 2.82. The van der Waals surface area contributed by atoms with Gasteiger partial charge in [-0.15, -0.1) is 0 Å². The van der Waals surface area contributed by atoms with E-state index in [1.54, 1.807) is 0 Å². The van der Waals surface area contributed by atoms with Crippen molar-refractivity contribution in [2.24, 2.45) is 0 Å². The normalized spacial score (nSPS) is 11.2. The number of nitrogens with zero attached hydrogens (tertiary/aromatic N) is 3. The summed E-state index contributed by atoms with van der Waals surface area (Å²) in [7, 11) is 0. The van der Waals surface area contributed by atoms with Crippen LogP contribution in [0.3, 0.4) is 0 Å². The highest BCUT2D eigenvalue weighted by molar-refractivity contribution is 5.53. The molecule has 3 aromatic heterocycles. The van der Waals surface area contributed by atoms with E-state index in [4.69, 9.17) is 4.52 Å². The maximum Gasteiger partial charge on any atom is 0.133 e. The molecule has 5 heteroatoms. The van der Waals surface area contributed by atoms with Gasteiger partial charge in [0.25, 0.3) is 0 Å². The summed E-state index contributed by atoms with van der Waals surface area (Å²) in [4.78, 5) is 0. The van der Waals surface area contributed by atoms with Crippen LogP contribution in [0, 0.1) is 6.92 Å². The van der Waals surface area contributed by atoms with Crippen molar-refractivity contribution < 1.29 is 4.52 Å². The average Bonchev–Trinajstić information content (AvgIpc) is 2.97. The molecule has 0 bridgehead atoms. The van der Waals surface area contributed by atoms with Crippen LogP contribution in [-0.2, 0) is 13.1 Å². The highest BCUT2D eigenvalue weighted by Crippen LogP contribution is 2.09. The van der Waals surface area contributed by atoms with Crippen LogP contribution in [0.5, 0.6) is 0 Å². The molecule has 0 fully saturated rings. The molecular weight excluding hydrogens is 228 g/mol. The molecule has 0 unspecified atom stereocenters. The number of hydrogen-bond donors (Lipinski definition) is 1. The summed E-state index contributed by atoms with van der Waals surface area (Å²) in [6.45, 7) is 3.35. The second-order valence-electron chi connectivity index (χ2n) is 4.23. The summed E-state index contributed by atoms with van der Waals surface area (Å²) >= 11 is 0. The summed E-state index contributed by atoms with van der Waals surface area (Å²) in [5, 5.41) is 11.6. The van der Waals surface area contributed by atoms with Gasteiger partial charge in [-0.3, -0.25) is 0 Å². The van der Waals surface area contributed by atoms with Crippen LogP contribution in [0.1, 0.15) is 17.0 Å². The first-order valence-electron chi connectivity index (χ1n) is 5.87. The van der Waals surface area contributed by atoms with E-state index in [0.29, 0.717) is 6.54 Å². The Hall–Kier alpha value is -2.14. The molecule has 3 rings (SSSR count). The lowest BCUT2D eigenvalue weighted by Gasteiger charge is -2.00. The molecule has 18 heavy (non-hydrogen) atoms. The third-order valence-corrected chi connectivity index (χ3v) is 2.80. The molecule has 0 saturated carbocycles. The largest absolute Gasteiger partial charge is 0.361 e. The number of aryl methyl sites for hydroxylation is 1. The molecule has 0 aliphatic rings. The predicted molar refractivity (Wildman–Crippen MR) is 67.0 cm³/mol. The lowest BCUT2D eigenvalue weighted by atomic mass is 10.2. The van der Waals surface area contributed by atoms with Gasteiger partial charge >= 0.3 is 0 Å². The van der Waals surface area contributed by atoms with Crippen LogP contribution in [0.4, 0.5) is 0 Å². The van der Waals surface area contributed by atoms with Crippen LogP contribution < -0.4 is 5.32 Å². The number of rotatable bonds is 4. The quantitative estimate of drug-likeness (QED) is 0.759. The minimum atomic E-state index is 0.696. The Balaban J connectivity index is 1.66. The van der Waals surface area contributed by atoms with Crippen molar-refractivity contribution in [1.29, 1.82) is 0 Å². The lowest BCUT2D eigenvalue weighted by Crippen LogP contribution is -2.12. The maximum absolute atomic E-state index is 5.02. The van der Waals surface area contributed by atoms with E-state index in [9.17, 15) is 0 Å². The van der Waals surface area contributed by atoms with Crippen molar-refractivity contribution in [2.45, 2.75) is 20.0 Å². The fourth-order valence-electron chi connectivity index (χ4n) is 1.95. The molecule has 5 nitrogen and oxygen atoms in total. The summed E-state index contributed by atoms with van der Waals surface area (Å²) in [6.07, 6.45) is 3.83. The molecule has 0 amide bonds. The molecule has 0 saturated heterocycles. The van der Waals surface area contributed by atoms with Crippen molar-refractivity contribution in [1.82, 2.24) is 20.1 Å². The van der Waals surface area contributed by atoms with Gasteiger partial charge in [0.15, 0.2) is 0 Å². The predicted octanol–water partition coefficient (Wildman–Crippen LogP) is 1.92. The molecule has 0 atom stereocenters. The smallest absolute Gasteiger partial charge is 0.133 e. The molecule has 0 spiro atoms. The molecule has 3 aromatic rings. The van der Waals surface area contributed by atoms with E-state index in [0.717, 1.165) is 23.5 Å². The summed E-state index contributed by atoms with van der Waals surface area (Å²) in [6, 6.07) is 7.98. The van der Waals surface area contributed by atoms with Gasteiger partial charge in [0, 0.05) is 30.9 Å². The van der Waals surface area contributed by atoms with Crippen molar-refractivity contribution >= 4 is 5.52 Å². The van der Waals surface area contributed by atoms with Crippen molar-refractivity contribution in [3.05, 3.63) is 53.7 Å².